The zero-order valence-corrected chi connectivity index (χ0v) is 14.5. The molecule has 0 spiro atoms. The molecule has 0 bridgehead atoms. The number of carbonyl (C=O) groups excluding carboxylic acids is 1. The van der Waals surface area contributed by atoms with Crippen molar-refractivity contribution >= 4 is 21.8 Å². The van der Waals surface area contributed by atoms with Crippen molar-refractivity contribution < 1.29 is 4.79 Å². The first-order chi connectivity index (χ1) is 9.30. The number of rotatable bonds is 1. The number of piperidine rings is 1. The Hall–Kier alpha value is -0.830. The molecule has 1 fully saturated rings. The molecule has 2 rings (SSSR count). The molecule has 1 saturated heterocycles. The van der Waals surface area contributed by atoms with E-state index in [4.69, 9.17) is 0 Å². The number of hydrogen-bond donors (Lipinski definition) is 0. The Labute approximate surface area is 130 Å². The molecule has 110 valence electrons. The Morgan fingerprint density at radius 3 is 2.40 bits per heavy atom. The first kappa shape index (κ1) is 15.6. The van der Waals surface area contributed by atoms with Crippen LogP contribution in [0.4, 0.5) is 0 Å². The van der Waals surface area contributed by atoms with Gasteiger partial charge in [-0.2, -0.15) is 0 Å². The van der Waals surface area contributed by atoms with E-state index in [9.17, 15) is 4.79 Å². The third-order valence-corrected chi connectivity index (χ3v) is 5.36. The Morgan fingerprint density at radius 1 is 1.25 bits per heavy atom. The fraction of sp³-hybridized carbons (Fsp3) is 0.588. The van der Waals surface area contributed by atoms with Crippen LogP contribution in [0.3, 0.4) is 0 Å². The smallest absolute Gasteiger partial charge is 0.254 e. The van der Waals surface area contributed by atoms with E-state index in [0.29, 0.717) is 5.41 Å². The van der Waals surface area contributed by atoms with Gasteiger partial charge in [0, 0.05) is 23.1 Å². The highest BCUT2D eigenvalue weighted by Gasteiger charge is 2.31. The number of halogens is 1. The fourth-order valence-electron chi connectivity index (χ4n) is 2.96. The van der Waals surface area contributed by atoms with Gasteiger partial charge in [0.2, 0.25) is 0 Å². The topological polar surface area (TPSA) is 20.3 Å². The molecular formula is C17H24BrNO. The lowest BCUT2D eigenvalue weighted by atomic mass is 9.75. The summed E-state index contributed by atoms with van der Waals surface area (Å²) in [5, 5.41) is 0. The number of hydrogen-bond acceptors (Lipinski definition) is 1. The molecule has 0 radical (unpaired) electrons. The standard InChI is InChI=1S/C17H24BrNO/c1-12-14(6-5-7-15(12)18)16(20)19-10-8-13(9-11-19)17(2,3)4/h5-7,13H,8-11H2,1-4H3. The van der Waals surface area contributed by atoms with Crippen LogP contribution in [0.25, 0.3) is 0 Å². The molecule has 0 saturated carbocycles. The van der Waals surface area contributed by atoms with Crippen LogP contribution in [0.5, 0.6) is 0 Å². The van der Waals surface area contributed by atoms with Crippen molar-refractivity contribution in [2.45, 2.75) is 40.5 Å². The molecular weight excluding hydrogens is 314 g/mol. The molecule has 0 aromatic heterocycles. The molecule has 0 aliphatic carbocycles. The predicted octanol–water partition coefficient (Wildman–Crippen LogP) is 4.66. The summed E-state index contributed by atoms with van der Waals surface area (Å²) >= 11 is 3.50. The van der Waals surface area contributed by atoms with Crippen LogP contribution in [0.1, 0.15) is 49.5 Å². The molecule has 1 aromatic rings. The van der Waals surface area contributed by atoms with Gasteiger partial charge in [-0.15, -0.1) is 0 Å². The highest BCUT2D eigenvalue weighted by molar-refractivity contribution is 9.10. The van der Waals surface area contributed by atoms with Crippen molar-refractivity contribution in [1.29, 1.82) is 0 Å². The minimum atomic E-state index is 0.177. The highest BCUT2D eigenvalue weighted by atomic mass is 79.9. The normalized spacial score (nSPS) is 17.4. The van der Waals surface area contributed by atoms with Gasteiger partial charge in [0.15, 0.2) is 0 Å². The van der Waals surface area contributed by atoms with E-state index in [1.54, 1.807) is 0 Å². The Morgan fingerprint density at radius 2 is 1.85 bits per heavy atom. The van der Waals surface area contributed by atoms with Gasteiger partial charge in [0.25, 0.3) is 5.91 Å². The summed E-state index contributed by atoms with van der Waals surface area (Å²) in [6.07, 6.45) is 2.23. The molecule has 20 heavy (non-hydrogen) atoms. The average Bonchev–Trinajstić information content (AvgIpc) is 2.40. The van der Waals surface area contributed by atoms with E-state index in [2.05, 4.69) is 36.7 Å². The van der Waals surface area contributed by atoms with Gasteiger partial charge in [-0.3, -0.25) is 4.79 Å². The quantitative estimate of drug-likeness (QED) is 0.729. The summed E-state index contributed by atoms with van der Waals surface area (Å²) in [5.41, 5.74) is 2.21. The minimum Gasteiger partial charge on any atom is -0.339 e. The molecule has 0 atom stereocenters. The number of nitrogens with zero attached hydrogens (tertiary/aromatic N) is 1. The average molecular weight is 338 g/mol. The van der Waals surface area contributed by atoms with E-state index in [1.165, 1.54) is 0 Å². The van der Waals surface area contributed by atoms with E-state index in [-0.39, 0.29) is 5.91 Å². The maximum Gasteiger partial charge on any atom is 0.254 e. The van der Waals surface area contributed by atoms with Crippen LogP contribution in [0.15, 0.2) is 22.7 Å². The number of likely N-dealkylation sites (tertiary alicyclic amines) is 1. The summed E-state index contributed by atoms with van der Waals surface area (Å²) in [6.45, 7) is 10.7. The van der Waals surface area contributed by atoms with E-state index in [1.807, 2.05) is 30.0 Å². The molecule has 1 aliphatic rings. The first-order valence-corrected chi connectivity index (χ1v) is 8.14. The summed E-state index contributed by atoms with van der Waals surface area (Å²) in [7, 11) is 0. The van der Waals surface area contributed by atoms with Crippen molar-refractivity contribution in [3.8, 4) is 0 Å². The zero-order chi connectivity index (χ0) is 14.9. The third-order valence-electron chi connectivity index (χ3n) is 4.51. The SMILES string of the molecule is Cc1c(Br)cccc1C(=O)N1CCC(C(C)(C)C)CC1. The monoisotopic (exact) mass is 337 g/mol. The molecule has 1 aromatic carbocycles. The second-order valence-electron chi connectivity index (χ2n) is 6.84. The van der Waals surface area contributed by atoms with Crippen molar-refractivity contribution in [2.75, 3.05) is 13.1 Å². The molecule has 2 nitrogen and oxygen atoms in total. The van der Waals surface area contributed by atoms with Gasteiger partial charge in [0.1, 0.15) is 0 Å². The summed E-state index contributed by atoms with van der Waals surface area (Å²) in [5.74, 6) is 0.895. The van der Waals surface area contributed by atoms with Crippen LogP contribution < -0.4 is 0 Å². The lowest BCUT2D eigenvalue weighted by Gasteiger charge is -2.39. The fourth-order valence-corrected chi connectivity index (χ4v) is 3.32. The first-order valence-electron chi connectivity index (χ1n) is 7.35. The molecule has 1 amide bonds. The molecule has 3 heteroatoms. The van der Waals surface area contributed by atoms with Crippen LogP contribution in [0, 0.1) is 18.3 Å². The maximum absolute atomic E-state index is 12.6. The molecule has 0 N–H and O–H groups in total. The Kier molecular flexibility index (Phi) is 4.58. The van der Waals surface area contributed by atoms with Crippen molar-refractivity contribution in [3.63, 3.8) is 0 Å². The van der Waals surface area contributed by atoms with Gasteiger partial charge >= 0.3 is 0 Å². The maximum atomic E-state index is 12.6. The van der Waals surface area contributed by atoms with E-state index in [0.717, 1.165) is 47.4 Å². The largest absolute Gasteiger partial charge is 0.339 e. The molecule has 1 aliphatic heterocycles. The summed E-state index contributed by atoms with van der Waals surface area (Å²) < 4.78 is 1.01. The minimum absolute atomic E-state index is 0.177. The van der Waals surface area contributed by atoms with Crippen LogP contribution in [-0.2, 0) is 0 Å². The second kappa shape index (κ2) is 5.88. The van der Waals surface area contributed by atoms with Gasteiger partial charge in [0.05, 0.1) is 0 Å². The Balaban J connectivity index is 2.07. The number of carbonyl (C=O) groups is 1. The molecule has 0 unspecified atom stereocenters. The second-order valence-corrected chi connectivity index (χ2v) is 7.70. The van der Waals surface area contributed by atoms with Gasteiger partial charge in [-0.1, -0.05) is 42.8 Å². The van der Waals surface area contributed by atoms with Crippen molar-refractivity contribution in [1.82, 2.24) is 4.90 Å². The van der Waals surface area contributed by atoms with E-state index >= 15 is 0 Å². The number of amides is 1. The van der Waals surface area contributed by atoms with E-state index < -0.39 is 0 Å². The summed E-state index contributed by atoms with van der Waals surface area (Å²) in [6, 6.07) is 5.85. The predicted molar refractivity (Wildman–Crippen MR) is 87.0 cm³/mol. The van der Waals surface area contributed by atoms with Crippen molar-refractivity contribution in [3.05, 3.63) is 33.8 Å². The number of benzene rings is 1. The van der Waals surface area contributed by atoms with Crippen LogP contribution >= 0.6 is 15.9 Å². The highest BCUT2D eigenvalue weighted by Crippen LogP contribution is 2.34. The zero-order valence-electron chi connectivity index (χ0n) is 12.9. The van der Waals surface area contributed by atoms with Gasteiger partial charge < -0.3 is 4.90 Å². The van der Waals surface area contributed by atoms with Crippen LogP contribution in [0.2, 0.25) is 0 Å². The lowest BCUT2D eigenvalue weighted by molar-refractivity contribution is 0.0608. The van der Waals surface area contributed by atoms with Crippen LogP contribution in [-0.4, -0.2) is 23.9 Å². The lowest BCUT2D eigenvalue weighted by Crippen LogP contribution is -2.41. The van der Waals surface area contributed by atoms with Gasteiger partial charge in [-0.25, -0.2) is 0 Å². The van der Waals surface area contributed by atoms with Gasteiger partial charge in [-0.05, 0) is 48.8 Å². The van der Waals surface area contributed by atoms with Crippen molar-refractivity contribution in [2.24, 2.45) is 11.3 Å². The Bertz CT molecular complexity index is 496. The molecule has 1 heterocycles. The summed E-state index contributed by atoms with van der Waals surface area (Å²) in [4.78, 5) is 14.6. The third kappa shape index (κ3) is 3.25.